The summed E-state index contributed by atoms with van der Waals surface area (Å²) in [6.45, 7) is 4.67. The molecule has 2 N–H and O–H groups in total. The molecule has 5 nitrogen and oxygen atoms in total. The molecule has 0 spiro atoms. The van der Waals surface area contributed by atoms with E-state index in [1.54, 1.807) is 7.11 Å². The molecule has 0 saturated carbocycles. The predicted molar refractivity (Wildman–Crippen MR) is 86.8 cm³/mol. The first kappa shape index (κ1) is 17.8. The molecule has 0 aliphatic heterocycles. The number of rotatable bonds is 8. The molecule has 0 aliphatic rings. The van der Waals surface area contributed by atoms with Crippen molar-refractivity contribution in [3.8, 4) is 11.5 Å². The smallest absolute Gasteiger partial charge is 0.258 e. The molecule has 1 aromatic carbocycles. The van der Waals surface area contributed by atoms with Gasteiger partial charge in [-0.15, -0.1) is 0 Å². The molecule has 6 heteroatoms. The van der Waals surface area contributed by atoms with Crippen LogP contribution >= 0.6 is 15.9 Å². The van der Waals surface area contributed by atoms with Crippen molar-refractivity contribution in [2.75, 3.05) is 20.8 Å². The molecule has 1 atom stereocenters. The van der Waals surface area contributed by atoms with E-state index in [4.69, 9.17) is 9.47 Å². The summed E-state index contributed by atoms with van der Waals surface area (Å²) in [7, 11) is 3.46. The van der Waals surface area contributed by atoms with Crippen LogP contribution in [0, 0.1) is 0 Å². The van der Waals surface area contributed by atoms with E-state index in [9.17, 15) is 4.79 Å². The van der Waals surface area contributed by atoms with Crippen molar-refractivity contribution >= 4 is 21.8 Å². The normalized spacial score (nSPS) is 11.9. The van der Waals surface area contributed by atoms with Gasteiger partial charge in [0.1, 0.15) is 0 Å². The zero-order chi connectivity index (χ0) is 15.8. The lowest BCUT2D eigenvalue weighted by Gasteiger charge is -2.15. The van der Waals surface area contributed by atoms with E-state index in [0.29, 0.717) is 11.5 Å². The summed E-state index contributed by atoms with van der Waals surface area (Å²) in [6.07, 6.45) is 0.886. The van der Waals surface area contributed by atoms with Gasteiger partial charge in [0.05, 0.1) is 11.6 Å². The maximum absolute atomic E-state index is 11.8. The van der Waals surface area contributed by atoms with Crippen LogP contribution in [0.5, 0.6) is 11.5 Å². The Morgan fingerprint density at radius 3 is 2.71 bits per heavy atom. The molecule has 0 aliphatic carbocycles. The molecule has 0 radical (unpaired) electrons. The Morgan fingerprint density at radius 1 is 1.43 bits per heavy atom. The van der Waals surface area contributed by atoms with Gasteiger partial charge < -0.3 is 20.1 Å². The zero-order valence-corrected chi connectivity index (χ0v) is 14.5. The van der Waals surface area contributed by atoms with Crippen LogP contribution in [0.1, 0.15) is 25.8 Å². The SMILES string of the molecule is CCC(C)NC(=O)COc1c(Br)cc(CNC)cc1OC. The number of nitrogens with one attached hydrogen (secondary N) is 2. The Kier molecular flexibility index (Phi) is 7.53. The van der Waals surface area contributed by atoms with Gasteiger partial charge >= 0.3 is 0 Å². The van der Waals surface area contributed by atoms with Crippen LogP contribution in [0.3, 0.4) is 0 Å². The Hall–Kier alpha value is -1.27. The average Bonchev–Trinajstić information content (AvgIpc) is 2.45. The van der Waals surface area contributed by atoms with Crippen molar-refractivity contribution in [2.24, 2.45) is 0 Å². The summed E-state index contributed by atoms with van der Waals surface area (Å²) < 4.78 is 11.7. The first-order chi connectivity index (χ1) is 10.0. The number of halogens is 1. The van der Waals surface area contributed by atoms with Gasteiger partial charge in [-0.2, -0.15) is 0 Å². The van der Waals surface area contributed by atoms with Crippen molar-refractivity contribution < 1.29 is 14.3 Å². The van der Waals surface area contributed by atoms with E-state index in [2.05, 4.69) is 26.6 Å². The zero-order valence-electron chi connectivity index (χ0n) is 13.0. The van der Waals surface area contributed by atoms with Crippen molar-refractivity contribution in [1.29, 1.82) is 0 Å². The summed E-state index contributed by atoms with van der Waals surface area (Å²) in [4.78, 5) is 11.8. The monoisotopic (exact) mass is 358 g/mol. The second kappa shape index (κ2) is 8.89. The summed E-state index contributed by atoms with van der Waals surface area (Å²) in [6, 6.07) is 3.98. The highest BCUT2D eigenvalue weighted by molar-refractivity contribution is 9.10. The fourth-order valence-electron chi connectivity index (χ4n) is 1.78. The quantitative estimate of drug-likeness (QED) is 0.749. The van der Waals surface area contributed by atoms with E-state index in [1.807, 2.05) is 33.0 Å². The lowest BCUT2D eigenvalue weighted by atomic mass is 10.2. The first-order valence-electron chi connectivity index (χ1n) is 6.95. The van der Waals surface area contributed by atoms with Crippen molar-refractivity contribution in [3.63, 3.8) is 0 Å². The minimum absolute atomic E-state index is 0.0370. The number of amides is 1. The van der Waals surface area contributed by atoms with Crippen LogP contribution in [0.4, 0.5) is 0 Å². The third-order valence-electron chi connectivity index (χ3n) is 3.04. The lowest BCUT2D eigenvalue weighted by molar-refractivity contribution is -0.123. The molecule has 0 heterocycles. The van der Waals surface area contributed by atoms with E-state index in [-0.39, 0.29) is 18.6 Å². The fraction of sp³-hybridized carbons (Fsp3) is 0.533. The molecule has 1 unspecified atom stereocenters. The molecule has 0 saturated heterocycles. The number of carbonyl (C=O) groups excluding carboxylic acids is 1. The van der Waals surface area contributed by atoms with Crippen LogP contribution in [0.25, 0.3) is 0 Å². The van der Waals surface area contributed by atoms with Crippen LogP contribution in [0.2, 0.25) is 0 Å². The standard InChI is InChI=1S/C15H23BrN2O3/c1-5-10(2)18-14(19)9-21-15-12(16)6-11(8-17-3)7-13(15)20-4/h6-7,10,17H,5,8-9H2,1-4H3,(H,18,19). The highest BCUT2D eigenvalue weighted by atomic mass is 79.9. The van der Waals surface area contributed by atoms with Gasteiger partial charge in [-0.1, -0.05) is 6.92 Å². The number of benzene rings is 1. The molecule has 1 rings (SSSR count). The molecule has 0 bridgehead atoms. The number of hydrogen-bond donors (Lipinski definition) is 2. The molecule has 0 fully saturated rings. The van der Waals surface area contributed by atoms with Gasteiger partial charge in [0.2, 0.25) is 0 Å². The largest absolute Gasteiger partial charge is 0.493 e. The Morgan fingerprint density at radius 2 is 2.14 bits per heavy atom. The van der Waals surface area contributed by atoms with E-state index < -0.39 is 0 Å². The van der Waals surface area contributed by atoms with Crippen LogP contribution in [-0.4, -0.2) is 32.7 Å². The molecule has 1 amide bonds. The summed E-state index contributed by atoms with van der Waals surface area (Å²) in [5.41, 5.74) is 1.07. The van der Waals surface area contributed by atoms with Crippen LogP contribution in [0.15, 0.2) is 16.6 Å². The minimum atomic E-state index is -0.141. The Balaban J connectivity index is 2.76. The number of methoxy groups -OCH3 is 1. The van der Waals surface area contributed by atoms with Crippen LogP contribution < -0.4 is 20.1 Å². The third-order valence-corrected chi connectivity index (χ3v) is 3.63. The number of hydrogen-bond acceptors (Lipinski definition) is 4. The highest BCUT2D eigenvalue weighted by Gasteiger charge is 2.14. The van der Waals surface area contributed by atoms with E-state index >= 15 is 0 Å². The minimum Gasteiger partial charge on any atom is -0.493 e. The van der Waals surface area contributed by atoms with Crippen molar-refractivity contribution in [3.05, 3.63) is 22.2 Å². The van der Waals surface area contributed by atoms with Gasteiger partial charge in [-0.25, -0.2) is 0 Å². The van der Waals surface area contributed by atoms with Gasteiger partial charge in [-0.3, -0.25) is 4.79 Å². The van der Waals surface area contributed by atoms with Gasteiger partial charge in [0, 0.05) is 12.6 Å². The lowest BCUT2D eigenvalue weighted by Crippen LogP contribution is -2.35. The fourth-order valence-corrected chi connectivity index (χ4v) is 2.38. The number of ether oxygens (including phenoxy) is 2. The van der Waals surface area contributed by atoms with Gasteiger partial charge in [0.25, 0.3) is 5.91 Å². The maximum atomic E-state index is 11.8. The molecule has 0 aromatic heterocycles. The molecular formula is C15H23BrN2O3. The van der Waals surface area contributed by atoms with Crippen LogP contribution in [-0.2, 0) is 11.3 Å². The van der Waals surface area contributed by atoms with Crippen molar-refractivity contribution in [2.45, 2.75) is 32.9 Å². The molecule has 21 heavy (non-hydrogen) atoms. The van der Waals surface area contributed by atoms with E-state index in [1.165, 1.54) is 0 Å². The molecular weight excluding hydrogens is 336 g/mol. The predicted octanol–water partition coefficient (Wildman–Crippen LogP) is 2.47. The van der Waals surface area contributed by atoms with Crippen molar-refractivity contribution in [1.82, 2.24) is 10.6 Å². The second-order valence-corrected chi connectivity index (χ2v) is 5.66. The maximum Gasteiger partial charge on any atom is 0.258 e. The first-order valence-corrected chi connectivity index (χ1v) is 7.74. The Labute approximate surface area is 134 Å². The summed E-state index contributed by atoms with van der Waals surface area (Å²) >= 11 is 3.46. The molecule has 1 aromatic rings. The van der Waals surface area contributed by atoms with E-state index in [0.717, 1.165) is 23.0 Å². The third kappa shape index (κ3) is 5.55. The highest BCUT2D eigenvalue weighted by Crippen LogP contribution is 2.36. The van der Waals surface area contributed by atoms with Gasteiger partial charge in [-0.05, 0) is 54.0 Å². The molecule has 118 valence electrons. The second-order valence-electron chi connectivity index (χ2n) is 4.80. The topological polar surface area (TPSA) is 59.6 Å². The summed E-state index contributed by atoms with van der Waals surface area (Å²) in [5, 5.41) is 5.94. The number of carbonyl (C=O) groups is 1. The average molecular weight is 359 g/mol. The Bertz CT molecular complexity index is 480. The summed E-state index contributed by atoms with van der Waals surface area (Å²) in [5.74, 6) is 1.00. The van der Waals surface area contributed by atoms with Gasteiger partial charge in [0.15, 0.2) is 18.1 Å².